The van der Waals surface area contributed by atoms with Crippen LogP contribution in [0.25, 0.3) is 0 Å². The fraction of sp³-hybridized carbons (Fsp3) is 0.818. The van der Waals surface area contributed by atoms with E-state index in [0.717, 1.165) is 32.4 Å². The number of carbonyl (C=O) groups is 1. The first-order chi connectivity index (χ1) is 14.9. The minimum Gasteiger partial charge on any atom is -0.342 e. The van der Waals surface area contributed by atoms with Crippen LogP contribution >= 0.6 is 0 Å². The second-order valence-corrected chi connectivity index (χ2v) is 11.5. The number of hydrogen-bond acceptors (Lipinski definition) is 5. The summed E-state index contributed by atoms with van der Waals surface area (Å²) in [5, 5.41) is 0.0802. The van der Waals surface area contributed by atoms with Crippen molar-refractivity contribution in [3.8, 4) is 0 Å². The number of piperidine rings is 3. The minimum absolute atomic E-state index is 0.0802. The van der Waals surface area contributed by atoms with Crippen LogP contribution in [0.2, 0.25) is 0 Å². The van der Waals surface area contributed by atoms with Gasteiger partial charge in [-0.15, -0.1) is 0 Å². The van der Waals surface area contributed by atoms with E-state index in [2.05, 4.69) is 9.88 Å². The molecule has 3 aliphatic heterocycles. The fourth-order valence-electron chi connectivity index (χ4n) is 5.22. The van der Waals surface area contributed by atoms with E-state index < -0.39 is 10.0 Å². The van der Waals surface area contributed by atoms with Crippen molar-refractivity contribution in [2.24, 2.45) is 5.92 Å². The number of sulfonamides is 1. The molecular weight excluding hydrogens is 414 g/mol. The molecule has 8 nitrogen and oxygen atoms in total. The van der Waals surface area contributed by atoms with Crippen molar-refractivity contribution < 1.29 is 13.2 Å². The molecule has 4 heterocycles. The molecule has 1 aromatic rings. The predicted octanol–water partition coefficient (Wildman–Crippen LogP) is 2.34. The van der Waals surface area contributed by atoms with Crippen LogP contribution in [0.1, 0.15) is 64.8 Å². The number of likely N-dealkylation sites (tertiary alicyclic amines) is 2. The van der Waals surface area contributed by atoms with Gasteiger partial charge in [-0.1, -0.05) is 6.42 Å². The highest BCUT2D eigenvalue weighted by Gasteiger charge is 2.37. The molecule has 3 saturated heterocycles. The topological polar surface area (TPSA) is 78.8 Å². The molecule has 4 rings (SSSR count). The van der Waals surface area contributed by atoms with E-state index in [4.69, 9.17) is 0 Å². The van der Waals surface area contributed by atoms with Gasteiger partial charge in [-0.2, -0.15) is 4.31 Å². The molecule has 31 heavy (non-hydrogen) atoms. The standard InChI is InChI=1S/C22H37N5O3S/c1-18(2)26-16-21(23-17-26)31(29,30)27-12-6-7-19(15-27)22(28)25-13-8-20(9-14-25)24-10-4-3-5-11-24/h16-20H,3-15H2,1-2H3/t19-/m1/s1. The Bertz CT molecular complexity index is 854. The molecule has 3 aliphatic rings. The van der Waals surface area contributed by atoms with E-state index >= 15 is 0 Å². The van der Waals surface area contributed by atoms with Gasteiger partial charge in [0.1, 0.15) is 0 Å². The SMILES string of the molecule is CC(C)n1cnc(S(=O)(=O)N2CCC[C@@H](C(=O)N3CCC(N4CCCCC4)CC3)C2)c1. The number of carbonyl (C=O) groups excluding carboxylic acids is 1. The summed E-state index contributed by atoms with van der Waals surface area (Å²) in [6.45, 7) is 8.68. The molecule has 174 valence electrons. The Hall–Kier alpha value is -1.45. The van der Waals surface area contributed by atoms with E-state index in [1.165, 1.54) is 36.7 Å². The normalized spacial score (nSPS) is 25.3. The molecule has 3 fully saturated rings. The van der Waals surface area contributed by atoms with Crippen LogP contribution in [-0.4, -0.2) is 83.3 Å². The van der Waals surface area contributed by atoms with E-state index in [0.29, 0.717) is 19.0 Å². The molecule has 1 aromatic heterocycles. The lowest BCUT2D eigenvalue weighted by atomic mass is 9.95. The minimum atomic E-state index is -3.67. The molecule has 0 N–H and O–H groups in total. The zero-order chi connectivity index (χ0) is 22.0. The average Bonchev–Trinajstić information content (AvgIpc) is 3.31. The molecule has 1 atom stereocenters. The van der Waals surface area contributed by atoms with Gasteiger partial charge in [0, 0.05) is 44.5 Å². The molecule has 0 aromatic carbocycles. The second kappa shape index (κ2) is 9.58. The lowest BCUT2D eigenvalue weighted by Crippen LogP contribution is -2.51. The molecule has 0 radical (unpaired) electrons. The molecule has 0 unspecified atom stereocenters. The Balaban J connectivity index is 1.35. The van der Waals surface area contributed by atoms with Crippen molar-refractivity contribution in [2.45, 2.75) is 75.9 Å². The van der Waals surface area contributed by atoms with Gasteiger partial charge in [0.2, 0.25) is 5.91 Å². The molecule has 9 heteroatoms. The van der Waals surface area contributed by atoms with Crippen LogP contribution in [0.4, 0.5) is 0 Å². The van der Waals surface area contributed by atoms with E-state index in [-0.39, 0.29) is 29.4 Å². The zero-order valence-electron chi connectivity index (χ0n) is 18.9. The first-order valence-corrected chi connectivity index (χ1v) is 13.4. The third-order valence-electron chi connectivity index (χ3n) is 7.19. The lowest BCUT2D eigenvalue weighted by Gasteiger charge is -2.41. The number of amides is 1. The Morgan fingerprint density at radius 3 is 2.35 bits per heavy atom. The van der Waals surface area contributed by atoms with E-state index in [9.17, 15) is 13.2 Å². The highest BCUT2D eigenvalue weighted by Crippen LogP contribution is 2.27. The van der Waals surface area contributed by atoms with Gasteiger partial charge in [-0.05, 0) is 65.5 Å². The Kier molecular flexibility index (Phi) is 7.03. The number of nitrogens with zero attached hydrogens (tertiary/aromatic N) is 5. The van der Waals surface area contributed by atoms with E-state index in [1.54, 1.807) is 17.1 Å². The third kappa shape index (κ3) is 4.98. The van der Waals surface area contributed by atoms with Gasteiger partial charge >= 0.3 is 0 Å². The summed E-state index contributed by atoms with van der Waals surface area (Å²) < 4.78 is 29.5. The van der Waals surface area contributed by atoms with E-state index in [1.807, 2.05) is 18.7 Å². The molecule has 1 amide bonds. The highest BCUT2D eigenvalue weighted by molar-refractivity contribution is 7.89. The summed E-state index contributed by atoms with van der Waals surface area (Å²) in [6.07, 6.45) is 10.6. The van der Waals surface area contributed by atoms with Crippen molar-refractivity contribution in [1.29, 1.82) is 0 Å². The van der Waals surface area contributed by atoms with Crippen molar-refractivity contribution >= 4 is 15.9 Å². The van der Waals surface area contributed by atoms with Crippen molar-refractivity contribution in [1.82, 2.24) is 23.7 Å². The average molecular weight is 452 g/mol. The maximum absolute atomic E-state index is 13.2. The molecule has 0 saturated carbocycles. The Morgan fingerprint density at radius 2 is 1.71 bits per heavy atom. The van der Waals surface area contributed by atoms with Crippen LogP contribution in [-0.2, 0) is 14.8 Å². The van der Waals surface area contributed by atoms with Crippen LogP contribution in [0.3, 0.4) is 0 Å². The number of aromatic nitrogens is 2. The number of imidazole rings is 1. The Morgan fingerprint density at radius 1 is 1.00 bits per heavy atom. The predicted molar refractivity (Wildman–Crippen MR) is 119 cm³/mol. The fourth-order valence-corrected chi connectivity index (χ4v) is 6.67. The second-order valence-electron chi connectivity index (χ2n) is 9.61. The summed E-state index contributed by atoms with van der Waals surface area (Å²) in [5.41, 5.74) is 0. The van der Waals surface area contributed by atoms with Gasteiger partial charge in [0.05, 0.1) is 12.2 Å². The van der Waals surface area contributed by atoms with Crippen molar-refractivity contribution in [2.75, 3.05) is 39.3 Å². The van der Waals surface area contributed by atoms with Gasteiger partial charge < -0.3 is 14.4 Å². The molecule has 0 bridgehead atoms. The molecule has 0 spiro atoms. The van der Waals surface area contributed by atoms with Crippen LogP contribution in [0, 0.1) is 5.92 Å². The summed E-state index contributed by atoms with van der Waals surface area (Å²) in [4.78, 5) is 21.9. The van der Waals surface area contributed by atoms with Gasteiger partial charge in [-0.25, -0.2) is 13.4 Å². The largest absolute Gasteiger partial charge is 0.342 e. The summed E-state index contributed by atoms with van der Waals surface area (Å²) in [5.74, 6) is -0.119. The smallest absolute Gasteiger partial charge is 0.262 e. The summed E-state index contributed by atoms with van der Waals surface area (Å²) in [7, 11) is -3.67. The summed E-state index contributed by atoms with van der Waals surface area (Å²) >= 11 is 0. The maximum atomic E-state index is 13.2. The van der Waals surface area contributed by atoms with Crippen LogP contribution in [0.5, 0.6) is 0 Å². The Labute approximate surface area is 186 Å². The van der Waals surface area contributed by atoms with Gasteiger partial charge in [0.15, 0.2) is 5.03 Å². The van der Waals surface area contributed by atoms with Crippen LogP contribution < -0.4 is 0 Å². The monoisotopic (exact) mass is 451 g/mol. The van der Waals surface area contributed by atoms with Crippen LogP contribution in [0.15, 0.2) is 17.6 Å². The van der Waals surface area contributed by atoms with Gasteiger partial charge in [0.25, 0.3) is 10.0 Å². The number of hydrogen-bond donors (Lipinski definition) is 0. The zero-order valence-corrected chi connectivity index (χ0v) is 19.8. The van der Waals surface area contributed by atoms with Crippen molar-refractivity contribution in [3.63, 3.8) is 0 Å². The molecular formula is C22H37N5O3S. The lowest BCUT2D eigenvalue weighted by molar-refractivity contribution is -0.138. The van der Waals surface area contributed by atoms with Crippen molar-refractivity contribution in [3.05, 3.63) is 12.5 Å². The van der Waals surface area contributed by atoms with Gasteiger partial charge in [-0.3, -0.25) is 4.79 Å². The number of rotatable bonds is 5. The third-order valence-corrected chi connectivity index (χ3v) is 8.95. The summed E-state index contributed by atoms with van der Waals surface area (Å²) in [6, 6.07) is 0.753. The first kappa shape index (κ1) is 22.7. The molecule has 0 aliphatic carbocycles. The quantitative estimate of drug-likeness (QED) is 0.687. The maximum Gasteiger partial charge on any atom is 0.262 e. The first-order valence-electron chi connectivity index (χ1n) is 11.9. The highest BCUT2D eigenvalue weighted by atomic mass is 32.2.